The molecule has 0 radical (unpaired) electrons. The normalized spacial score (nSPS) is 17.1. The van der Waals surface area contributed by atoms with Crippen LogP contribution < -0.4 is 5.32 Å². The molecule has 2 aliphatic rings. The minimum absolute atomic E-state index is 0.00985. The topological polar surface area (TPSA) is 86.8 Å². The van der Waals surface area contributed by atoms with E-state index >= 15 is 0 Å². The number of rotatable bonds is 5. The van der Waals surface area contributed by atoms with Crippen molar-refractivity contribution in [3.8, 4) is 0 Å². The van der Waals surface area contributed by atoms with Crippen LogP contribution in [0.4, 0.5) is 5.69 Å². The zero-order valence-electron chi connectivity index (χ0n) is 14.9. The molecule has 0 unspecified atom stereocenters. The first kappa shape index (κ1) is 18.1. The minimum Gasteiger partial charge on any atom is -0.339 e. The monoisotopic (exact) mass is 357 g/mol. The number of anilines is 1. The Hall–Kier alpha value is -2.70. The van der Waals surface area contributed by atoms with Crippen molar-refractivity contribution in [1.29, 1.82) is 0 Å². The van der Waals surface area contributed by atoms with Gasteiger partial charge in [0, 0.05) is 50.1 Å². The summed E-state index contributed by atoms with van der Waals surface area (Å²) in [5.41, 5.74) is 1.90. The van der Waals surface area contributed by atoms with E-state index in [0.29, 0.717) is 11.3 Å². The van der Waals surface area contributed by atoms with Crippen LogP contribution in [0.1, 0.15) is 48.0 Å². The van der Waals surface area contributed by atoms with Gasteiger partial charge in [-0.1, -0.05) is 6.07 Å². The van der Waals surface area contributed by atoms with Gasteiger partial charge in [-0.2, -0.15) is 0 Å². The first-order valence-electron chi connectivity index (χ1n) is 8.99. The van der Waals surface area contributed by atoms with Gasteiger partial charge in [-0.25, -0.2) is 0 Å². The van der Waals surface area contributed by atoms with Gasteiger partial charge in [-0.3, -0.25) is 24.1 Å². The third-order valence-electron chi connectivity index (χ3n) is 4.95. The van der Waals surface area contributed by atoms with E-state index in [0.717, 1.165) is 36.4 Å². The van der Waals surface area contributed by atoms with E-state index in [2.05, 4.69) is 5.32 Å². The predicted molar refractivity (Wildman–Crippen MR) is 95.5 cm³/mol. The predicted octanol–water partition coefficient (Wildman–Crippen LogP) is 1.71. The van der Waals surface area contributed by atoms with E-state index < -0.39 is 0 Å². The number of nitrogens with one attached hydrogen (secondary N) is 1. The maximum absolute atomic E-state index is 12.6. The summed E-state index contributed by atoms with van der Waals surface area (Å²) in [7, 11) is 0. The molecule has 1 aromatic carbocycles. The van der Waals surface area contributed by atoms with Gasteiger partial charge in [0.2, 0.25) is 17.7 Å². The van der Waals surface area contributed by atoms with Crippen molar-refractivity contribution in [3.05, 3.63) is 29.3 Å². The van der Waals surface area contributed by atoms with Crippen LogP contribution in [0, 0.1) is 6.92 Å². The fraction of sp³-hybridized carbons (Fsp3) is 0.474. The molecule has 1 N–H and O–H groups in total. The highest BCUT2D eigenvalue weighted by Crippen LogP contribution is 2.22. The van der Waals surface area contributed by atoms with Crippen molar-refractivity contribution in [2.75, 3.05) is 25.0 Å². The van der Waals surface area contributed by atoms with Gasteiger partial charge in [0.25, 0.3) is 5.91 Å². The first-order valence-corrected chi connectivity index (χ1v) is 8.99. The van der Waals surface area contributed by atoms with Crippen LogP contribution in [-0.2, 0) is 14.4 Å². The molecule has 3 rings (SSSR count). The molecule has 2 fully saturated rings. The second-order valence-electron chi connectivity index (χ2n) is 6.71. The fourth-order valence-electron chi connectivity index (χ4n) is 3.39. The summed E-state index contributed by atoms with van der Waals surface area (Å²) >= 11 is 0. The number of amides is 4. The quantitative estimate of drug-likeness (QED) is 0.813. The van der Waals surface area contributed by atoms with Crippen molar-refractivity contribution in [2.45, 2.75) is 39.0 Å². The Morgan fingerprint density at radius 1 is 1.08 bits per heavy atom. The molecule has 0 spiro atoms. The van der Waals surface area contributed by atoms with Crippen LogP contribution >= 0.6 is 0 Å². The molecule has 7 nitrogen and oxygen atoms in total. The van der Waals surface area contributed by atoms with Gasteiger partial charge < -0.3 is 10.2 Å². The molecule has 2 saturated heterocycles. The summed E-state index contributed by atoms with van der Waals surface area (Å²) in [5.74, 6) is -0.745. The molecule has 4 amide bonds. The van der Waals surface area contributed by atoms with Crippen LogP contribution in [0.5, 0.6) is 0 Å². The highest BCUT2D eigenvalue weighted by Gasteiger charge is 2.29. The van der Waals surface area contributed by atoms with Crippen LogP contribution in [-0.4, -0.2) is 53.1 Å². The van der Waals surface area contributed by atoms with Gasteiger partial charge in [0.15, 0.2) is 0 Å². The Bertz CT molecular complexity index is 737. The second kappa shape index (κ2) is 7.68. The molecule has 2 heterocycles. The maximum Gasteiger partial charge on any atom is 0.254 e. The lowest BCUT2D eigenvalue weighted by Crippen LogP contribution is -2.32. The Morgan fingerprint density at radius 2 is 1.73 bits per heavy atom. The molecule has 0 aliphatic carbocycles. The lowest BCUT2D eigenvalue weighted by molar-refractivity contribution is -0.138. The molecule has 26 heavy (non-hydrogen) atoms. The van der Waals surface area contributed by atoms with Gasteiger partial charge >= 0.3 is 0 Å². The number of likely N-dealkylation sites (tertiary alicyclic amines) is 2. The minimum atomic E-state index is -0.286. The van der Waals surface area contributed by atoms with E-state index in [1.54, 1.807) is 18.2 Å². The summed E-state index contributed by atoms with van der Waals surface area (Å²) < 4.78 is 0. The Morgan fingerprint density at radius 3 is 2.38 bits per heavy atom. The van der Waals surface area contributed by atoms with Gasteiger partial charge in [0.05, 0.1) is 0 Å². The van der Waals surface area contributed by atoms with Crippen LogP contribution in [0.15, 0.2) is 18.2 Å². The zero-order chi connectivity index (χ0) is 18.7. The average Bonchev–Trinajstić information content (AvgIpc) is 3.25. The van der Waals surface area contributed by atoms with Crippen LogP contribution in [0.3, 0.4) is 0 Å². The SMILES string of the molecule is Cc1c(NC(=O)CCN2C(=O)CCC2=O)cccc1C(=O)N1CCCC1. The molecule has 138 valence electrons. The Kier molecular flexibility index (Phi) is 5.35. The molecular weight excluding hydrogens is 334 g/mol. The number of hydrogen-bond acceptors (Lipinski definition) is 4. The van der Waals surface area contributed by atoms with E-state index in [9.17, 15) is 19.2 Å². The van der Waals surface area contributed by atoms with Gasteiger partial charge in [-0.15, -0.1) is 0 Å². The molecule has 0 aromatic heterocycles. The third kappa shape index (κ3) is 3.76. The summed E-state index contributed by atoms with van der Waals surface area (Å²) in [6, 6.07) is 5.27. The molecule has 0 atom stereocenters. The molecule has 1 aromatic rings. The van der Waals surface area contributed by atoms with Crippen molar-refractivity contribution in [2.24, 2.45) is 0 Å². The van der Waals surface area contributed by atoms with Crippen molar-refractivity contribution in [3.63, 3.8) is 0 Å². The van der Waals surface area contributed by atoms with Crippen molar-refractivity contribution in [1.82, 2.24) is 9.80 Å². The Balaban J connectivity index is 1.63. The summed E-state index contributed by atoms with van der Waals surface area (Å²) in [4.78, 5) is 51.0. The smallest absolute Gasteiger partial charge is 0.254 e. The lowest BCUT2D eigenvalue weighted by atomic mass is 10.1. The molecular formula is C19H23N3O4. The van der Waals surface area contributed by atoms with E-state index in [1.807, 2.05) is 11.8 Å². The largest absolute Gasteiger partial charge is 0.339 e. The molecule has 0 saturated carbocycles. The number of carbonyl (C=O) groups is 4. The third-order valence-corrected chi connectivity index (χ3v) is 4.95. The number of imide groups is 1. The van der Waals surface area contributed by atoms with E-state index in [-0.39, 0.29) is 49.4 Å². The van der Waals surface area contributed by atoms with Crippen molar-refractivity contribution >= 4 is 29.3 Å². The standard InChI is InChI=1S/C19H23N3O4/c1-13-14(19(26)21-10-2-3-11-21)5-4-6-15(13)20-16(23)9-12-22-17(24)7-8-18(22)25/h4-6H,2-3,7-12H2,1H3,(H,20,23). The first-order chi connectivity index (χ1) is 12.5. The Labute approximate surface area is 152 Å². The van der Waals surface area contributed by atoms with Crippen LogP contribution in [0.2, 0.25) is 0 Å². The highest BCUT2D eigenvalue weighted by molar-refractivity contribution is 6.03. The molecule has 7 heteroatoms. The molecule has 0 bridgehead atoms. The fourth-order valence-corrected chi connectivity index (χ4v) is 3.39. The maximum atomic E-state index is 12.6. The average molecular weight is 357 g/mol. The second-order valence-corrected chi connectivity index (χ2v) is 6.71. The van der Waals surface area contributed by atoms with Crippen LogP contribution in [0.25, 0.3) is 0 Å². The van der Waals surface area contributed by atoms with Gasteiger partial charge in [0.1, 0.15) is 0 Å². The van der Waals surface area contributed by atoms with E-state index in [1.165, 1.54) is 0 Å². The number of hydrogen-bond donors (Lipinski definition) is 1. The number of nitrogens with zero attached hydrogens (tertiary/aromatic N) is 2. The zero-order valence-corrected chi connectivity index (χ0v) is 14.9. The summed E-state index contributed by atoms with van der Waals surface area (Å²) in [5, 5.41) is 2.79. The summed E-state index contributed by atoms with van der Waals surface area (Å²) in [6.45, 7) is 3.45. The van der Waals surface area contributed by atoms with Gasteiger partial charge in [-0.05, 0) is 37.5 Å². The summed E-state index contributed by atoms with van der Waals surface area (Å²) in [6.07, 6.45) is 2.53. The number of benzene rings is 1. The highest BCUT2D eigenvalue weighted by atomic mass is 16.2. The molecule has 2 aliphatic heterocycles. The number of carbonyl (C=O) groups excluding carboxylic acids is 4. The van der Waals surface area contributed by atoms with Crippen molar-refractivity contribution < 1.29 is 19.2 Å². The van der Waals surface area contributed by atoms with E-state index in [4.69, 9.17) is 0 Å². The lowest BCUT2D eigenvalue weighted by Gasteiger charge is -2.18.